The fraction of sp³-hybridized carbons (Fsp3) is 0.333. The van der Waals surface area contributed by atoms with E-state index in [0.29, 0.717) is 5.56 Å². The van der Waals surface area contributed by atoms with E-state index in [4.69, 9.17) is 0 Å². The first-order valence-corrected chi connectivity index (χ1v) is 4.74. The molecule has 1 aromatic carbocycles. The third kappa shape index (κ3) is 2.92. The molecule has 0 radical (unpaired) electrons. The molecule has 14 heavy (non-hydrogen) atoms. The van der Waals surface area contributed by atoms with Crippen LogP contribution in [0.15, 0.2) is 24.3 Å². The third-order valence-electron chi connectivity index (χ3n) is 1.86. The average Bonchev–Trinajstić information content (AvgIpc) is 2.15. The van der Waals surface area contributed by atoms with E-state index >= 15 is 0 Å². The maximum atomic E-state index is 12.4. The van der Waals surface area contributed by atoms with E-state index < -0.39 is 12.5 Å². The second kappa shape index (κ2) is 5.26. The van der Waals surface area contributed by atoms with E-state index in [1.54, 1.807) is 24.3 Å². The van der Waals surface area contributed by atoms with Gasteiger partial charge in [0.15, 0.2) is 0 Å². The van der Waals surface area contributed by atoms with Gasteiger partial charge in [-0.05, 0) is 12.5 Å². The van der Waals surface area contributed by atoms with Crippen molar-refractivity contribution in [3.8, 4) is 0 Å². The van der Waals surface area contributed by atoms with Crippen LogP contribution >= 0.6 is 12.3 Å². The lowest BCUT2D eigenvalue weighted by Crippen LogP contribution is -2.20. The van der Waals surface area contributed by atoms with Crippen LogP contribution < -0.4 is 4.72 Å². The van der Waals surface area contributed by atoms with E-state index in [-0.39, 0.29) is 12.3 Å². The highest BCUT2D eigenvalue weighted by atomic mass is 32.2. The molecule has 0 saturated carbocycles. The maximum absolute atomic E-state index is 12.4. The van der Waals surface area contributed by atoms with Crippen molar-refractivity contribution in [3.05, 3.63) is 35.4 Å². The Morgan fingerprint density at radius 3 is 2.21 bits per heavy atom. The fourth-order valence-electron chi connectivity index (χ4n) is 1.09. The molecule has 0 aliphatic heterocycles. The van der Waals surface area contributed by atoms with Gasteiger partial charge < -0.3 is 0 Å². The van der Waals surface area contributed by atoms with E-state index in [0.717, 1.165) is 5.56 Å². The van der Waals surface area contributed by atoms with Crippen molar-refractivity contribution in [2.24, 2.45) is 0 Å². The van der Waals surface area contributed by atoms with Crippen LogP contribution in [0.5, 0.6) is 0 Å². The van der Waals surface area contributed by atoms with E-state index in [2.05, 4.69) is 0 Å². The Balaban J connectivity index is 2.82. The summed E-state index contributed by atoms with van der Waals surface area (Å²) in [6, 6.07) is 5.31. The van der Waals surface area contributed by atoms with Gasteiger partial charge in [0, 0.05) is 0 Å². The molecule has 1 N–H and O–H groups in total. The number of hydrogen-bond donors (Lipinski definition) is 1. The number of hydrogen-bond acceptors (Lipinski definition) is 2. The molecule has 0 aromatic heterocycles. The van der Waals surface area contributed by atoms with Crippen LogP contribution in [0, 0.1) is 6.92 Å². The van der Waals surface area contributed by atoms with Gasteiger partial charge >= 0.3 is 0 Å². The Morgan fingerprint density at radius 1 is 1.21 bits per heavy atom. The lowest BCUT2D eigenvalue weighted by Gasteiger charge is -2.15. The summed E-state index contributed by atoms with van der Waals surface area (Å²) in [6.45, 7) is 1.86. The number of halogens is 3. The summed E-state index contributed by atoms with van der Waals surface area (Å²) in [4.78, 5) is 0. The smallest absolute Gasteiger partial charge is 0.222 e. The molecule has 0 spiro atoms. The van der Waals surface area contributed by atoms with Crippen LogP contribution in [0.2, 0.25) is 0 Å². The summed E-state index contributed by atoms with van der Waals surface area (Å²) < 4.78 is 38.7. The minimum atomic E-state index is -2.62. The van der Waals surface area contributed by atoms with Gasteiger partial charge in [-0.2, -0.15) is 0 Å². The van der Waals surface area contributed by atoms with Gasteiger partial charge in [0.05, 0.1) is 0 Å². The van der Waals surface area contributed by atoms with Gasteiger partial charge in [-0.3, -0.25) is 0 Å². The zero-order chi connectivity index (χ0) is 10.6. The number of nitrogens with one attached hydrogen (secondary N) is 1. The van der Waals surface area contributed by atoms with Crippen LogP contribution in [0.4, 0.5) is 12.7 Å². The van der Waals surface area contributed by atoms with Crippen molar-refractivity contribution in [1.29, 1.82) is 0 Å². The first-order valence-electron chi connectivity index (χ1n) is 4.03. The molecule has 0 bridgehead atoms. The Bertz CT molecular complexity index is 276. The molecule has 0 aliphatic rings. The molecular formula is C9H10F3NS. The van der Waals surface area contributed by atoms with Crippen LogP contribution in [0.25, 0.3) is 0 Å². The summed E-state index contributed by atoms with van der Waals surface area (Å²) in [7, 11) is 0. The van der Waals surface area contributed by atoms with Crippen LogP contribution in [-0.4, -0.2) is 6.43 Å². The molecule has 1 nitrogen and oxygen atoms in total. The zero-order valence-corrected chi connectivity index (χ0v) is 8.32. The predicted octanol–water partition coefficient (Wildman–Crippen LogP) is 3.42. The number of alkyl halides is 2. The standard InChI is InChI=1S/C9H10F3NS/c1-6-2-4-7(5-3-6)8(9(10)11)13-14-12/h2-5,8-9,13H,1H3. The molecule has 5 heteroatoms. The minimum absolute atomic E-state index is 0.293. The highest BCUT2D eigenvalue weighted by molar-refractivity contribution is 7.92. The zero-order valence-electron chi connectivity index (χ0n) is 7.51. The summed E-state index contributed by atoms with van der Waals surface area (Å²) in [5.74, 6) is 0. The highest BCUT2D eigenvalue weighted by Crippen LogP contribution is 2.23. The average molecular weight is 221 g/mol. The van der Waals surface area contributed by atoms with Crippen molar-refractivity contribution >= 4 is 12.3 Å². The Kier molecular flexibility index (Phi) is 4.28. The monoisotopic (exact) mass is 221 g/mol. The van der Waals surface area contributed by atoms with Crippen molar-refractivity contribution in [2.75, 3.05) is 0 Å². The molecule has 1 rings (SSSR count). The molecular weight excluding hydrogens is 211 g/mol. The van der Waals surface area contributed by atoms with Crippen molar-refractivity contribution in [3.63, 3.8) is 0 Å². The van der Waals surface area contributed by atoms with E-state index in [1.807, 2.05) is 11.6 Å². The molecule has 0 fully saturated rings. The van der Waals surface area contributed by atoms with Crippen molar-refractivity contribution in [1.82, 2.24) is 4.72 Å². The molecule has 1 aromatic rings. The largest absolute Gasteiger partial charge is 0.258 e. The minimum Gasteiger partial charge on any atom is -0.222 e. The molecule has 1 unspecified atom stereocenters. The summed E-state index contributed by atoms with van der Waals surface area (Å²) in [6.07, 6.45) is -2.62. The highest BCUT2D eigenvalue weighted by Gasteiger charge is 2.21. The van der Waals surface area contributed by atoms with Gasteiger partial charge in [-0.25, -0.2) is 13.5 Å². The molecule has 0 heterocycles. The molecule has 78 valence electrons. The first kappa shape index (κ1) is 11.4. The molecule has 0 aliphatic carbocycles. The topological polar surface area (TPSA) is 12.0 Å². The summed E-state index contributed by atoms with van der Waals surface area (Å²) in [5, 5.41) is 0. The van der Waals surface area contributed by atoms with Gasteiger partial charge in [0.25, 0.3) is 6.43 Å². The molecule has 1 atom stereocenters. The lowest BCUT2D eigenvalue weighted by atomic mass is 10.1. The fourth-order valence-corrected chi connectivity index (χ4v) is 1.42. The van der Waals surface area contributed by atoms with Crippen LogP contribution in [0.3, 0.4) is 0 Å². The van der Waals surface area contributed by atoms with Crippen molar-refractivity contribution < 1.29 is 12.7 Å². The number of rotatable bonds is 4. The second-order valence-corrected chi connectivity index (χ2v) is 3.31. The first-order chi connectivity index (χ1) is 6.65. The van der Waals surface area contributed by atoms with E-state index in [1.165, 1.54) is 0 Å². The number of benzene rings is 1. The predicted molar refractivity (Wildman–Crippen MR) is 51.8 cm³/mol. The number of aryl methyl sites for hydroxylation is 1. The SMILES string of the molecule is Cc1ccc(C(NSF)C(F)F)cc1. The Labute approximate surface area is 85.1 Å². The van der Waals surface area contributed by atoms with Crippen LogP contribution in [0.1, 0.15) is 17.2 Å². The third-order valence-corrected chi connectivity index (χ3v) is 2.20. The summed E-state index contributed by atoms with van der Waals surface area (Å²) in [5.41, 5.74) is 1.37. The van der Waals surface area contributed by atoms with Crippen LogP contribution in [-0.2, 0) is 0 Å². The van der Waals surface area contributed by atoms with Gasteiger partial charge in [0.1, 0.15) is 18.4 Å². The Morgan fingerprint density at radius 2 is 1.79 bits per heavy atom. The normalized spacial score (nSPS) is 13.2. The quantitative estimate of drug-likeness (QED) is 0.782. The Hall–Kier alpha value is -0.680. The maximum Gasteiger partial charge on any atom is 0.258 e. The van der Waals surface area contributed by atoms with Gasteiger partial charge in [-0.15, -0.1) is 3.89 Å². The van der Waals surface area contributed by atoms with Crippen molar-refractivity contribution in [2.45, 2.75) is 19.4 Å². The molecule has 0 amide bonds. The lowest BCUT2D eigenvalue weighted by molar-refractivity contribution is 0.110. The van der Waals surface area contributed by atoms with Gasteiger partial charge in [0.2, 0.25) is 0 Å². The van der Waals surface area contributed by atoms with E-state index in [9.17, 15) is 12.7 Å². The van der Waals surface area contributed by atoms with Gasteiger partial charge in [-0.1, -0.05) is 29.8 Å². The summed E-state index contributed by atoms with van der Waals surface area (Å²) >= 11 is -0.293. The molecule has 0 saturated heterocycles. The second-order valence-electron chi connectivity index (χ2n) is 2.92.